The second-order valence-corrected chi connectivity index (χ2v) is 6.04. The summed E-state index contributed by atoms with van der Waals surface area (Å²) in [6, 6.07) is 2.93. The highest BCUT2D eigenvalue weighted by Crippen LogP contribution is 2.15. The molecule has 0 aliphatic heterocycles. The SMILES string of the molecule is NC(CCCCB(O)O)c1nnnn1CC(=O)NCc1c(F)cccc1F. The molecule has 2 aromatic rings. The number of unbranched alkanes of at least 4 members (excludes halogenated alkanes) is 1. The predicted octanol–water partition coefficient (Wildman–Crippen LogP) is -0.0894. The first-order valence-corrected chi connectivity index (χ1v) is 8.46. The Balaban J connectivity index is 1.87. The monoisotopic (exact) mass is 382 g/mol. The summed E-state index contributed by atoms with van der Waals surface area (Å²) < 4.78 is 28.4. The van der Waals surface area contributed by atoms with Crippen LogP contribution in [0.3, 0.4) is 0 Å². The Hall–Kier alpha value is -2.44. The van der Waals surface area contributed by atoms with Crippen LogP contribution in [0.2, 0.25) is 6.32 Å². The number of nitrogens with two attached hydrogens (primary N) is 1. The summed E-state index contributed by atoms with van der Waals surface area (Å²) in [4.78, 5) is 12.0. The molecule has 0 fully saturated rings. The van der Waals surface area contributed by atoms with Crippen molar-refractivity contribution in [1.82, 2.24) is 25.5 Å². The number of nitrogens with one attached hydrogen (secondary N) is 1. The fourth-order valence-electron chi connectivity index (χ4n) is 2.49. The molecule has 0 radical (unpaired) electrons. The zero-order valence-corrected chi connectivity index (χ0v) is 14.6. The number of hydrogen-bond donors (Lipinski definition) is 4. The van der Waals surface area contributed by atoms with E-state index in [0.29, 0.717) is 25.1 Å². The minimum absolute atomic E-state index is 0.231. The third kappa shape index (κ3) is 6.34. The van der Waals surface area contributed by atoms with Crippen LogP contribution >= 0.6 is 0 Å². The first-order chi connectivity index (χ1) is 12.9. The molecule has 12 heteroatoms. The Labute approximate surface area is 154 Å². The molecule has 27 heavy (non-hydrogen) atoms. The van der Waals surface area contributed by atoms with Gasteiger partial charge in [0.2, 0.25) is 5.91 Å². The van der Waals surface area contributed by atoms with Crippen LogP contribution in [0.4, 0.5) is 8.78 Å². The molecule has 1 aromatic carbocycles. The van der Waals surface area contributed by atoms with Gasteiger partial charge in [-0.1, -0.05) is 18.9 Å². The van der Waals surface area contributed by atoms with Gasteiger partial charge in [0, 0.05) is 12.1 Å². The summed E-state index contributed by atoms with van der Waals surface area (Å²) in [5.41, 5.74) is 5.79. The third-order valence-corrected chi connectivity index (χ3v) is 3.94. The number of carbonyl (C=O) groups excluding carboxylic acids is 1. The van der Waals surface area contributed by atoms with Gasteiger partial charge >= 0.3 is 7.12 Å². The van der Waals surface area contributed by atoms with E-state index in [2.05, 4.69) is 20.8 Å². The normalized spacial score (nSPS) is 12.0. The van der Waals surface area contributed by atoms with Gasteiger partial charge in [0.05, 0.1) is 6.04 Å². The average molecular weight is 382 g/mol. The summed E-state index contributed by atoms with van der Waals surface area (Å²) in [6.45, 7) is -0.550. The molecule has 5 N–H and O–H groups in total. The van der Waals surface area contributed by atoms with Crippen LogP contribution in [-0.4, -0.2) is 43.3 Å². The molecule has 0 saturated carbocycles. The Morgan fingerprint density at radius 3 is 2.67 bits per heavy atom. The number of carbonyl (C=O) groups is 1. The second-order valence-electron chi connectivity index (χ2n) is 6.04. The van der Waals surface area contributed by atoms with Gasteiger partial charge in [-0.25, -0.2) is 13.5 Å². The van der Waals surface area contributed by atoms with Gasteiger partial charge in [-0.3, -0.25) is 4.79 Å². The van der Waals surface area contributed by atoms with Crippen molar-refractivity contribution < 1.29 is 23.6 Å². The van der Waals surface area contributed by atoms with E-state index in [0.717, 1.165) is 12.1 Å². The minimum Gasteiger partial charge on any atom is -0.427 e. The molecular formula is C15H21BF2N6O3. The summed E-state index contributed by atoms with van der Waals surface area (Å²) in [7, 11) is -1.35. The number of hydrogen-bond acceptors (Lipinski definition) is 7. The van der Waals surface area contributed by atoms with Crippen LogP contribution in [0.15, 0.2) is 18.2 Å². The van der Waals surface area contributed by atoms with E-state index in [1.165, 1.54) is 10.7 Å². The highest BCUT2D eigenvalue weighted by Gasteiger charge is 2.18. The topological polar surface area (TPSA) is 139 Å². The van der Waals surface area contributed by atoms with Crippen molar-refractivity contribution in [3.63, 3.8) is 0 Å². The summed E-state index contributed by atoms with van der Waals surface area (Å²) in [5, 5.41) is 31.1. The van der Waals surface area contributed by atoms with E-state index in [-0.39, 0.29) is 25.0 Å². The lowest BCUT2D eigenvalue weighted by molar-refractivity contribution is -0.122. The first kappa shape index (κ1) is 20.9. The quantitative estimate of drug-likeness (QED) is 0.333. The molecule has 1 amide bonds. The molecule has 0 saturated heterocycles. The molecule has 0 spiro atoms. The number of amides is 1. The van der Waals surface area contributed by atoms with Crippen LogP contribution in [-0.2, 0) is 17.9 Å². The van der Waals surface area contributed by atoms with Crippen molar-refractivity contribution in [2.24, 2.45) is 5.73 Å². The van der Waals surface area contributed by atoms with Crippen molar-refractivity contribution in [2.75, 3.05) is 0 Å². The predicted molar refractivity (Wildman–Crippen MR) is 91.8 cm³/mol. The summed E-state index contributed by atoms with van der Waals surface area (Å²) in [6.07, 6.45) is 1.94. The molecule has 146 valence electrons. The maximum absolute atomic E-state index is 13.6. The van der Waals surface area contributed by atoms with Gasteiger partial charge in [0.25, 0.3) is 0 Å². The largest absolute Gasteiger partial charge is 0.451 e. The van der Waals surface area contributed by atoms with Crippen molar-refractivity contribution >= 4 is 13.0 Å². The molecular weight excluding hydrogens is 361 g/mol. The fourth-order valence-corrected chi connectivity index (χ4v) is 2.49. The van der Waals surface area contributed by atoms with Crippen molar-refractivity contribution in [1.29, 1.82) is 0 Å². The average Bonchev–Trinajstić information content (AvgIpc) is 3.06. The van der Waals surface area contributed by atoms with E-state index < -0.39 is 30.7 Å². The lowest BCUT2D eigenvalue weighted by Crippen LogP contribution is -2.30. The number of benzene rings is 1. The molecule has 0 aliphatic carbocycles. The lowest BCUT2D eigenvalue weighted by atomic mass is 9.83. The molecule has 2 rings (SSSR count). The fraction of sp³-hybridized carbons (Fsp3) is 0.467. The minimum atomic E-state index is -1.35. The molecule has 1 aromatic heterocycles. The van der Waals surface area contributed by atoms with Crippen molar-refractivity contribution in [3.8, 4) is 0 Å². The standard InChI is InChI=1S/C15H21BF2N6O3/c17-11-4-3-5-12(18)10(11)8-20-14(25)9-24-15(21-22-23-24)13(19)6-1-2-7-16(26)27/h3-5,13,26-27H,1-2,6-9,19H2,(H,20,25). The van der Waals surface area contributed by atoms with E-state index in [1.54, 1.807) is 0 Å². The summed E-state index contributed by atoms with van der Waals surface area (Å²) in [5.74, 6) is -1.71. The van der Waals surface area contributed by atoms with Crippen LogP contribution in [0.1, 0.15) is 36.7 Å². The van der Waals surface area contributed by atoms with Gasteiger partial charge in [0.15, 0.2) is 5.82 Å². The number of halogens is 2. The Morgan fingerprint density at radius 2 is 2.00 bits per heavy atom. The first-order valence-electron chi connectivity index (χ1n) is 8.46. The molecule has 1 heterocycles. The molecule has 0 bridgehead atoms. The molecule has 1 atom stereocenters. The van der Waals surface area contributed by atoms with Gasteiger partial charge in [-0.15, -0.1) is 5.10 Å². The Kier molecular flexibility index (Phi) is 7.76. The smallest absolute Gasteiger partial charge is 0.427 e. The number of tetrazole rings is 1. The highest BCUT2D eigenvalue weighted by atomic mass is 19.1. The van der Waals surface area contributed by atoms with Gasteiger partial charge in [-0.2, -0.15) is 0 Å². The van der Waals surface area contributed by atoms with Gasteiger partial charge in [0.1, 0.15) is 18.2 Å². The second kappa shape index (κ2) is 10.0. The zero-order valence-electron chi connectivity index (χ0n) is 14.6. The summed E-state index contributed by atoms with van der Waals surface area (Å²) >= 11 is 0. The van der Waals surface area contributed by atoms with E-state index in [9.17, 15) is 13.6 Å². The lowest BCUT2D eigenvalue weighted by Gasteiger charge is -2.12. The highest BCUT2D eigenvalue weighted by molar-refractivity contribution is 6.40. The van der Waals surface area contributed by atoms with E-state index >= 15 is 0 Å². The van der Waals surface area contributed by atoms with E-state index in [1.807, 2.05) is 0 Å². The van der Waals surface area contributed by atoms with Gasteiger partial charge in [-0.05, 0) is 35.3 Å². The Bertz CT molecular complexity index is 741. The zero-order chi connectivity index (χ0) is 19.8. The van der Waals surface area contributed by atoms with Crippen LogP contribution in [0.5, 0.6) is 0 Å². The van der Waals surface area contributed by atoms with Crippen LogP contribution in [0.25, 0.3) is 0 Å². The number of nitrogens with zero attached hydrogens (tertiary/aromatic N) is 4. The third-order valence-electron chi connectivity index (χ3n) is 3.94. The number of aromatic nitrogens is 4. The maximum atomic E-state index is 13.6. The van der Waals surface area contributed by atoms with Crippen LogP contribution < -0.4 is 11.1 Å². The molecule has 1 unspecified atom stereocenters. The van der Waals surface area contributed by atoms with Gasteiger partial charge < -0.3 is 21.1 Å². The van der Waals surface area contributed by atoms with Crippen LogP contribution in [0, 0.1) is 11.6 Å². The molecule has 9 nitrogen and oxygen atoms in total. The van der Waals surface area contributed by atoms with Crippen molar-refractivity contribution in [3.05, 3.63) is 41.2 Å². The van der Waals surface area contributed by atoms with Crippen molar-refractivity contribution in [2.45, 2.75) is 44.7 Å². The number of rotatable bonds is 10. The van der Waals surface area contributed by atoms with E-state index in [4.69, 9.17) is 15.8 Å². The Morgan fingerprint density at radius 1 is 1.30 bits per heavy atom. The molecule has 0 aliphatic rings. The maximum Gasteiger partial charge on any atom is 0.451 e.